The Hall–Kier alpha value is -2.19. The zero-order chi connectivity index (χ0) is 21.8. The molecule has 1 aromatic rings. The number of amides is 3. The largest absolute Gasteiger partial charge is 0.323 e. The lowest BCUT2D eigenvalue weighted by atomic mass is 9.78. The van der Waals surface area contributed by atoms with Gasteiger partial charge in [-0.2, -0.15) is 0 Å². The molecule has 31 heavy (non-hydrogen) atoms. The Labute approximate surface area is 187 Å². The van der Waals surface area contributed by atoms with Gasteiger partial charge in [-0.3, -0.25) is 4.79 Å². The average Bonchev–Trinajstić information content (AvgIpc) is 2.83. The molecule has 168 valence electrons. The highest BCUT2D eigenvalue weighted by Gasteiger charge is 2.38. The molecule has 2 heterocycles. The molecule has 2 saturated heterocycles. The first-order valence-electron chi connectivity index (χ1n) is 11.3. The smallest absolute Gasteiger partial charge is 0.320 e. The molecular weight excluding hydrogens is 412 g/mol. The number of anilines is 1. The minimum absolute atomic E-state index is 0.171. The van der Waals surface area contributed by atoms with Crippen molar-refractivity contribution in [1.82, 2.24) is 14.1 Å². The molecule has 1 aliphatic carbocycles. The summed E-state index contributed by atoms with van der Waals surface area (Å²) in [4.78, 5) is 29.4. The number of nitrogens with zero attached hydrogens (tertiary/aromatic N) is 3. The van der Waals surface area contributed by atoms with Gasteiger partial charge in [-0.1, -0.05) is 19.4 Å². The van der Waals surface area contributed by atoms with Crippen LogP contribution in [0.25, 0.3) is 0 Å². The predicted octanol–water partition coefficient (Wildman–Crippen LogP) is 3.23. The second-order valence-corrected chi connectivity index (χ2v) is 10.1. The van der Waals surface area contributed by atoms with Gasteiger partial charge in [-0.15, -0.1) is 0 Å². The van der Waals surface area contributed by atoms with E-state index in [1.165, 1.54) is 31.8 Å². The van der Waals surface area contributed by atoms with Crippen molar-refractivity contribution < 1.29 is 13.8 Å². The number of nitrogens with one attached hydrogen (secondary N) is 1. The van der Waals surface area contributed by atoms with Crippen LogP contribution in [0.4, 0.5) is 10.5 Å². The number of hydrogen-bond acceptors (Lipinski definition) is 3. The van der Waals surface area contributed by atoms with E-state index in [9.17, 15) is 13.8 Å². The maximum atomic E-state index is 13.2. The molecule has 0 bridgehead atoms. The van der Waals surface area contributed by atoms with Crippen molar-refractivity contribution in [3.8, 4) is 0 Å². The van der Waals surface area contributed by atoms with Gasteiger partial charge in [-0.05, 0) is 61.9 Å². The standard InChI is InChI=1S/C23H32N4O3S/c1-2-22(28)24-19-9-11-20(12-10-19)31(30)26-16-14-25(15-17-26)23(29)27-13-5-7-18-6-3-4-8-21(18)27/h2,9-12,18,21H,1,3-8,13-17H2,(H,24,28). The van der Waals surface area contributed by atoms with Crippen LogP contribution in [0.2, 0.25) is 0 Å². The van der Waals surface area contributed by atoms with Gasteiger partial charge < -0.3 is 15.1 Å². The number of carbonyl (C=O) groups excluding carboxylic acids is 2. The molecule has 3 atom stereocenters. The molecule has 1 saturated carbocycles. The first kappa shape index (κ1) is 22.0. The van der Waals surface area contributed by atoms with Gasteiger partial charge >= 0.3 is 6.03 Å². The zero-order valence-corrected chi connectivity index (χ0v) is 18.8. The molecule has 2 aliphatic heterocycles. The van der Waals surface area contributed by atoms with Crippen molar-refractivity contribution in [1.29, 1.82) is 0 Å². The summed E-state index contributed by atoms with van der Waals surface area (Å²) in [5.41, 5.74) is 0.642. The van der Waals surface area contributed by atoms with Crippen molar-refractivity contribution in [2.45, 2.75) is 49.5 Å². The van der Waals surface area contributed by atoms with E-state index in [1.54, 1.807) is 24.3 Å². The average molecular weight is 445 g/mol. The molecule has 0 radical (unpaired) electrons. The van der Waals surface area contributed by atoms with Crippen LogP contribution in [0.15, 0.2) is 41.8 Å². The second-order valence-electron chi connectivity index (χ2n) is 8.61. The number of piperazine rings is 1. The summed E-state index contributed by atoms with van der Waals surface area (Å²) in [6.07, 6.45) is 8.52. The molecule has 3 aliphatic rings. The summed E-state index contributed by atoms with van der Waals surface area (Å²) in [5.74, 6) is 0.405. The highest BCUT2D eigenvalue weighted by molar-refractivity contribution is 7.82. The van der Waals surface area contributed by atoms with Crippen molar-refractivity contribution >= 4 is 28.6 Å². The number of piperidine rings is 1. The van der Waals surface area contributed by atoms with E-state index < -0.39 is 11.0 Å². The van der Waals surface area contributed by atoms with E-state index >= 15 is 0 Å². The molecular formula is C23H32N4O3S. The van der Waals surface area contributed by atoms with Crippen LogP contribution in [0.5, 0.6) is 0 Å². The fourth-order valence-electron chi connectivity index (χ4n) is 5.09. The zero-order valence-electron chi connectivity index (χ0n) is 18.0. The topological polar surface area (TPSA) is 73.0 Å². The lowest BCUT2D eigenvalue weighted by Gasteiger charge is -2.46. The summed E-state index contributed by atoms with van der Waals surface area (Å²) in [7, 11) is -1.28. The second kappa shape index (κ2) is 9.96. The van der Waals surface area contributed by atoms with E-state index in [2.05, 4.69) is 16.8 Å². The fourth-order valence-corrected chi connectivity index (χ4v) is 6.25. The Morgan fingerprint density at radius 2 is 1.65 bits per heavy atom. The first-order valence-corrected chi connectivity index (χ1v) is 12.4. The molecule has 3 fully saturated rings. The number of likely N-dealkylation sites (tertiary alicyclic amines) is 1. The molecule has 0 aromatic heterocycles. The van der Waals surface area contributed by atoms with Gasteiger partial charge in [0.15, 0.2) is 0 Å². The highest BCUT2D eigenvalue weighted by atomic mass is 32.2. The number of urea groups is 1. The van der Waals surface area contributed by atoms with Crippen LogP contribution in [0, 0.1) is 5.92 Å². The minimum atomic E-state index is -1.28. The summed E-state index contributed by atoms with van der Waals surface area (Å²) in [6.45, 7) is 6.70. The maximum Gasteiger partial charge on any atom is 0.320 e. The normalized spacial score (nSPS) is 25.4. The Bertz CT molecular complexity index is 834. The van der Waals surface area contributed by atoms with Crippen LogP contribution in [-0.4, -0.2) is 69.0 Å². The third-order valence-electron chi connectivity index (χ3n) is 6.74. The van der Waals surface area contributed by atoms with E-state index in [-0.39, 0.29) is 11.9 Å². The van der Waals surface area contributed by atoms with E-state index in [1.807, 2.05) is 9.21 Å². The number of benzene rings is 1. The van der Waals surface area contributed by atoms with Gasteiger partial charge in [0, 0.05) is 44.5 Å². The van der Waals surface area contributed by atoms with Crippen LogP contribution in [0.1, 0.15) is 38.5 Å². The Morgan fingerprint density at radius 1 is 0.968 bits per heavy atom. The molecule has 7 nitrogen and oxygen atoms in total. The maximum absolute atomic E-state index is 13.2. The number of carbonyl (C=O) groups is 2. The monoisotopic (exact) mass is 444 g/mol. The number of hydrogen-bond donors (Lipinski definition) is 1. The van der Waals surface area contributed by atoms with E-state index in [4.69, 9.17) is 0 Å². The van der Waals surface area contributed by atoms with Crippen LogP contribution in [0.3, 0.4) is 0 Å². The SMILES string of the molecule is C=CC(=O)Nc1ccc(S(=O)N2CCN(C(=O)N3CCCC4CCCCC43)CC2)cc1. The molecule has 4 rings (SSSR count). The van der Waals surface area contributed by atoms with Crippen molar-refractivity contribution in [2.75, 3.05) is 38.0 Å². The Balaban J connectivity index is 1.31. The van der Waals surface area contributed by atoms with Gasteiger partial charge in [0.25, 0.3) is 0 Å². The first-order chi connectivity index (χ1) is 15.1. The molecule has 0 spiro atoms. The minimum Gasteiger partial charge on any atom is -0.323 e. The summed E-state index contributed by atoms with van der Waals surface area (Å²) >= 11 is 0. The number of rotatable bonds is 4. The van der Waals surface area contributed by atoms with Gasteiger partial charge in [-0.25, -0.2) is 13.3 Å². The quantitative estimate of drug-likeness (QED) is 0.725. The molecule has 1 aromatic carbocycles. The number of fused-ring (bicyclic) bond motifs is 1. The van der Waals surface area contributed by atoms with Crippen LogP contribution >= 0.6 is 0 Å². The third kappa shape index (κ3) is 5.01. The summed E-state index contributed by atoms with van der Waals surface area (Å²) in [6, 6.07) is 7.61. The van der Waals surface area contributed by atoms with Crippen molar-refractivity contribution in [3.63, 3.8) is 0 Å². The Morgan fingerprint density at radius 3 is 2.35 bits per heavy atom. The van der Waals surface area contributed by atoms with Crippen molar-refractivity contribution in [2.24, 2.45) is 5.92 Å². The highest BCUT2D eigenvalue weighted by Crippen LogP contribution is 2.35. The lowest BCUT2D eigenvalue weighted by molar-refractivity contribution is -0.111. The van der Waals surface area contributed by atoms with E-state index in [0.717, 1.165) is 19.4 Å². The van der Waals surface area contributed by atoms with Crippen LogP contribution in [-0.2, 0) is 15.8 Å². The molecule has 8 heteroatoms. The van der Waals surface area contributed by atoms with Gasteiger partial charge in [0.05, 0.1) is 4.90 Å². The third-order valence-corrected chi connectivity index (χ3v) is 8.25. The summed E-state index contributed by atoms with van der Waals surface area (Å²) < 4.78 is 14.9. The van der Waals surface area contributed by atoms with E-state index in [0.29, 0.717) is 48.7 Å². The fraction of sp³-hybridized carbons (Fsp3) is 0.565. The molecule has 1 N–H and O–H groups in total. The predicted molar refractivity (Wildman–Crippen MR) is 122 cm³/mol. The van der Waals surface area contributed by atoms with Crippen LogP contribution < -0.4 is 5.32 Å². The summed E-state index contributed by atoms with van der Waals surface area (Å²) in [5, 5.41) is 2.69. The molecule has 3 amide bonds. The lowest BCUT2D eigenvalue weighted by Crippen LogP contribution is -2.58. The Kier molecular flexibility index (Phi) is 7.07. The molecule has 3 unspecified atom stereocenters. The van der Waals surface area contributed by atoms with Crippen molar-refractivity contribution in [3.05, 3.63) is 36.9 Å². The van der Waals surface area contributed by atoms with Gasteiger partial charge in [0.1, 0.15) is 11.0 Å². The van der Waals surface area contributed by atoms with Gasteiger partial charge in [0.2, 0.25) is 5.91 Å².